The molecular weight excluding hydrogens is 250 g/mol. The average molecular weight is 266 g/mol. The first kappa shape index (κ1) is 17.6. The number of allylic oxidation sites excluding steroid dienone is 1. The van der Waals surface area contributed by atoms with Gasteiger partial charge in [-0.2, -0.15) is 0 Å². The van der Waals surface area contributed by atoms with Gasteiger partial charge >= 0.3 is 11.9 Å². The van der Waals surface area contributed by atoms with E-state index < -0.39 is 5.97 Å². The van der Waals surface area contributed by atoms with Crippen molar-refractivity contribution in [1.82, 2.24) is 0 Å². The molecule has 0 amide bonds. The van der Waals surface area contributed by atoms with Crippen LogP contribution >= 0.6 is 18.9 Å². The summed E-state index contributed by atoms with van der Waals surface area (Å²) in [6, 6.07) is 0. The second-order valence-corrected chi connectivity index (χ2v) is 3.50. The predicted octanol–water partition coefficient (Wildman–Crippen LogP) is 1.58. The Hall–Kier alpha value is -0.790. The molecule has 0 rings (SSSR count). The lowest BCUT2D eigenvalue weighted by Gasteiger charge is -1.90. The Kier molecular flexibility index (Phi) is 11.8. The molecular formula is C9H16O5P2. The smallest absolute Gasteiger partial charge is 0.332 e. The Balaban J connectivity index is 0. The second-order valence-electron chi connectivity index (χ2n) is 3.03. The van der Waals surface area contributed by atoms with Gasteiger partial charge in [0, 0.05) is 6.08 Å². The summed E-state index contributed by atoms with van der Waals surface area (Å²) in [4.78, 5) is 30.6. The summed E-state index contributed by atoms with van der Waals surface area (Å²) in [5, 5.41) is 0. The first-order chi connectivity index (χ1) is 7.33. The highest BCUT2D eigenvalue weighted by Gasteiger charge is 2.01. The monoisotopic (exact) mass is 266 g/mol. The third-order valence-corrected chi connectivity index (χ3v) is 1.54. The standard InChI is InChI=1S/C5H9O2P.C4H7O3P/c1-4(2)3-5(6)7-8;1-3(5)2-4(6)7-8/h3H,8H2,1-2H3;2,8H2,1H3. The molecule has 0 saturated carbocycles. The first-order valence-corrected chi connectivity index (χ1v) is 5.22. The van der Waals surface area contributed by atoms with Gasteiger partial charge in [0.2, 0.25) is 0 Å². The normalized spacial score (nSPS) is 8.06. The second kappa shape index (κ2) is 10.7. The highest BCUT2D eigenvalue weighted by atomic mass is 31.0. The van der Waals surface area contributed by atoms with Crippen LogP contribution < -0.4 is 0 Å². The van der Waals surface area contributed by atoms with Gasteiger partial charge in [0.15, 0.2) is 0 Å². The fourth-order valence-corrected chi connectivity index (χ4v) is 0.666. The number of hydrogen-bond donors (Lipinski definition) is 0. The number of ketones is 1. The van der Waals surface area contributed by atoms with E-state index in [-0.39, 0.29) is 18.2 Å². The zero-order valence-corrected chi connectivity index (χ0v) is 11.8. The van der Waals surface area contributed by atoms with Crippen molar-refractivity contribution >= 4 is 36.7 Å². The molecule has 0 aromatic heterocycles. The van der Waals surface area contributed by atoms with Gasteiger partial charge in [0.25, 0.3) is 0 Å². The third-order valence-electron chi connectivity index (χ3n) is 1.05. The lowest BCUT2D eigenvalue weighted by molar-refractivity contribution is -0.136. The topological polar surface area (TPSA) is 69.7 Å². The molecule has 16 heavy (non-hydrogen) atoms. The summed E-state index contributed by atoms with van der Waals surface area (Å²) in [7, 11) is 3.67. The highest BCUT2D eigenvalue weighted by molar-refractivity contribution is 7.11. The summed E-state index contributed by atoms with van der Waals surface area (Å²) in [5.41, 5.74) is 0.942. The maximum absolute atomic E-state index is 10.3. The van der Waals surface area contributed by atoms with Gasteiger partial charge in [-0.3, -0.25) is 9.59 Å². The Morgan fingerprint density at radius 2 is 1.56 bits per heavy atom. The van der Waals surface area contributed by atoms with Crippen molar-refractivity contribution in [3.8, 4) is 0 Å². The van der Waals surface area contributed by atoms with Crippen molar-refractivity contribution in [2.75, 3.05) is 0 Å². The predicted molar refractivity (Wildman–Crippen MR) is 66.3 cm³/mol. The molecule has 0 aromatic rings. The SMILES string of the molecule is CC(=O)CC(=O)OP.CC(C)=CC(=O)OP. The number of carbonyl (C=O) groups is 3. The summed E-state index contributed by atoms with van der Waals surface area (Å²) >= 11 is 0. The van der Waals surface area contributed by atoms with Crippen LogP contribution in [0.15, 0.2) is 11.6 Å². The number of hydrogen-bond acceptors (Lipinski definition) is 5. The van der Waals surface area contributed by atoms with E-state index >= 15 is 0 Å². The highest BCUT2D eigenvalue weighted by Crippen LogP contribution is 1.93. The molecule has 0 aliphatic rings. The Morgan fingerprint density at radius 3 is 1.69 bits per heavy atom. The minimum atomic E-state index is -0.512. The largest absolute Gasteiger partial charge is 0.451 e. The Bertz CT molecular complexity index is 282. The van der Waals surface area contributed by atoms with Crippen molar-refractivity contribution in [3.63, 3.8) is 0 Å². The fourth-order valence-electron chi connectivity index (χ4n) is 0.515. The quantitative estimate of drug-likeness (QED) is 0.440. The number of carbonyl (C=O) groups excluding carboxylic acids is 3. The van der Waals surface area contributed by atoms with E-state index in [9.17, 15) is 14.4 Å². The van der Waals surface area contributed by atoms with Crippen LogP contribution in [0.3, 0.4) is 0 Å². The molecule has 0 bridgehead atoms. The van der Waals surface area contributed by atoms with Crippen LogP contribution in [0.4, 0.5) is 0 Å². The van der Waals surface area contributed by atoms with Gasteiger partial charge in [0.05, 0.1) is 18.9 Å². The van der Waals surface area contributed by atoms with Crippen LogP contribution in [-0.4, -0.2) is 17.7 Å². The molecule has 0 aliphatic carbocycles. The van der Waals surface area contributed by atoms with Crippen LogP contribution in [0.2, 0.25) is 0 Å². The molecule has 0 heterocycles. The first-order valence-electron chi connectivity index (χ1n) is 4.28. The maximum Gasteiger partial charge on any atom is 0.332 e. The van der Waals surface area contributed by atoms with Crippen LogP contribution in [-0.2, 0) is 23.4 Å². The molecule has 2 unspecified atom stereocenters. The minimum absolute atomic E-state index is 0.135. The van der Waals surface area contributed by atoms with Gasteiger partial charge in [-0.1, -0.05) is 5.57 Å². The van der Waals surface area contributed by atoms with E-state index in [0.29, 0.717) is 0 Å². The molecule has 7 heteroatoms. The summed E-state index contributed by atoms with van der Waals surface area (Å²) in [6.07, 6.45) is 1.29. The van der Waals surface area contributed by atoms with Crippen molar-refractivity contribution in [2.45, 2.75) is 27.2 Å². The molecule has 92 valence electrons. The summed E-state index contributed by atoms with van der Waals surface area (Å²) in [6.45, 7) is 5.00. The Labute approximate surface area is 99.5 Å². The zero-order chi connectivity index (χ0) is 13.1. The van der Waals surface area contributed by atoms with E-state index in [1.165, 1.54) is 13.0 Å². The minimum Gasteiger partial charge on any atom is -0.451 e. The van der Waals surface area contributed by atoms with Gasteiger partial charge in [-0.05, 0) is 20.8 Å². The average Bonchev–Trinajstić information content (AvgIpc) is 2.16. The van der Waals surface area contributed by atoms with Crippen LogP contribution in [0.25, 0.3) is 0 Å². The van der Waals surface area contributed by atoms with Gasteiger partial charge in [0.1, 0.15) is 12.2 Å². The van der Waals surface area contributed by atoms with Gasteiger partial charge < -0.3 is 9.05 Å². The van der Waals surface area contributed by atoms with Crippen molar-refractivity contribution in [3.05, 3.63) is 11.6 Å². The van der Waals surface area contributed by atoms with E-state index in [0.717, 1.165) is 5.57 Å². The molecule has 5 nitrogen and oxygen atoms in total. The van der Waals surface area contributed by atoms with Gasteiger partial charge in [-0.15, -0.1) is 0 Å². The van der Waals surface area contributed by atoms with Crippen LogP contribution in [0.5, 0.6) is 0 Å². The number of rotatable bonds is 3. The van der Waals surface area contributed by atoms with E-state index in [4.69, 9.17) is 0 Å². The van der Waals surface area contributed by atoms with Crippen LogP contribution in [0.1, 0.15) is 27.2 Å². The van der Waals surface area contributed by atoms with Gasteiger partial charge in [-0.25, -0.2) is 4.79 Å². The summed E-state index contributed by atoms with van der Waals surface area (Å²) < 4.78 is 8.38. The van der Waals surface area contributed by atoms with Crippen molar-refractivity contribution < 1.29 is 23.4 Å². The molecule has 0 aromatic carbocycles. The number of Topliss-reactive ketones (excluding diaryl/α,β-unsaturated/α-hetero) is 1. The van der Waals surface area contributed by atoms with Crippen molar-refractivity contribution in [2.24, 2.45) is 0 Å². The molecule has 0 saturated heterocycles. The lowest BCUT2D eigenvalue weighted by Crippen LogP contribution is -2.02. The molecule has 0 radical (unpaired) electrons. The maximum atomic E-state index is 10.3. The lowest BCUT2D eigenvalue weighted by atomic mass is 10.3. The molecule has 0 N–H and O–H groups in total. The molecule has 2 atom stereocenters. The third kappa shape index (κ3) is 15.7. The van der Waals surface area contributed by atoms with E-state index in [2.05, 4.69) is 9.05 Å². The van der Waals surface area contributed by atoms with Crippen LogP contribution in [0, 0.1) is 0 Å². The molecule has 0 aliphatic heterocycles. The summed E-state index contributed by atoms with van der Waals surface area (Å²) in [5.74, 6) is -1.02. The zero-order valence-electron chi connectivity index (χ0n) is 9.48. The molecule has 0 fully saturated rings. The molecule has 0 spiro atoms. The van der Waals surface area contributed by atoms with E-state index in [1.807, 2.05) is 23.3 Å². The Morgan fingerprint density at radius 1 is 1.06 bits per heavy atom. The fraction of sp³-hybridized carbons (Fsp3) is 0.444. The van der Waals surface area contributed by atoms with E-state index in [1.54, 1.807) is 9.47 Å². The van der Waals surface area contributed by atoms with Crippen molar-refractivity contribution in [1.29, 1.82) is 0 Å².